The average molecular weight is 254 g/mol. The molecule has 1 atom stereocenters. The Morgan fingerprint density at radius 3 is 2.72 bits per heavy atom. The van der Waals surface area contributed by atoms with Crippen molar-refractivity contribution in [1.29, 1.82) is 0 Å². The quantitative estimate of drug-likeness (QED) is 0.757. The summed E-state index contributed by atoms with van der Waals surface area (Å²) < 4.78 is 4.82. The first-order valence-corrected chi connectivity index (χ1v) is 6.27. The van der Waals surface area contributed by atoms with Gasteiger partial charge in [-0.1, -0.05) is 19.0 Å². The Balaban J connectivity index is 2.32. The Hall–Kier alpha value is -1.43. The number of nitrogens with one attached hydrogen (secondary N) is 1. The molecule has 0 aliphatic rings. The smallest absolute Gasteiger partial charge is 0.223 e. The zero-order valence-corrected chi connectivity index (χ0v) is 11.3. The summed E-state index contributed by atoms with van der Waals surface area (Å²) in [4.78, 5) is 15.7. The van der Waals surface area contributed by atoms with Gasteiger partial charge in [0.15, 0.2) is 5.82 Å². The Morgan fingerprint density at radius 1 is 1.50 bits per heavy atom. The van der Waals surface area contributed by atoms with Crippen LogP contribution in [0.1, 0.15) is 38.4 Å². The molecule has 0 aromatic carbocycles. The van der Waals surface area contributed by atoms with Crippen molar-refractivity contribution in [1.82, 2.24) is 15.5 Å². The van der Waals surface area contributed by atoms with E-state index in [1.807, 2.05) is 0 Å². The van der Waals surface area contributed by atoms with E-state index in [-0.39, 0.29) is 11.8 Å². The molecular weight excluding hydrogens is 232 g/mol. The van der Waals surface area contributed by atoms with E-state index in [4.69, 9.17) is 10.3 Å². The zero-order chi connectivity index (χ0) is 13.5. The molecule has 18 heavy (non-hydrogen) atoms. The van der Waals surface area contributed by atoms with Crippen LogP contribution in [-0.2, 0) is 11.3 Å². The van der Waals surface area contributed by atoms with Crippen LogP contribution >= 0.6 is 0 Å². The largest absolute Gasteiger partial charge is 0.349 e. The van der Waals surface area contributed by atoms with Gasteiger partial charge >= 0.3 is 0 Å². The number of aryl methyl sites for hydroxylation is 1. The molecule has 1 heterocycles. The number of rotatable bonds is 7. The lowest BCUT2D eigenvalue weighted by Gasteiger charge is -2.16. The van der Waals surface area contributed by atoms with Crippen LogP contribution in [0.3, 0.4) is 0 Å². The first kappa shape index (κ1) is 14.6. The molecule has 102 valence electrons. The van der Waals surface area contributed by atoms with E-state index >= 15 is 0 Å². The highest BCUT2D eigenvalue weighted by Gasteiger charge is 2.14. The summed E-state index contributed by atoms with van der Waals surface area (Å²) in [5.74, 6) is 1.75. The minimum absolute atomic E-state index is 0.0199. The molecule has 0 bridgehead atoms. The molecule has 0 aliphatic carbocycles. The third-order valence-corrected chi connectivity index (χ3v) is 2.63. The number of carbonyl (C=O) groups excluding carboxylic acids is 1. The minimum atomic E-state index is -0.0199. The normalized spacial score (nSPS) is 12.7. The highest BCUT2D eigenvalue weighted by atomic mass is 16.5. The Labute approximate surface area is 107 Å². The molecule has 0 spiro atoms. The van der Waals surface area contributed by atoms with Crippen molar-refractivity contribution >= 4 is 5.91 Å². The first-order chi connectivity index (χ1) is 8.51. The number of nitrogens with zero attached hydrogens (tertiary/aromatic N) is 2. The van der Waals surface area contributed by atoms with E-state index in [9.17, 15) is 4.79 Å². The van der Waals surface area contributed by atoms with Crippen LogP contribution in [0.15, 0.2) is 4.52 Å². The van der Waals surface area contributed by atoms with Crippen LogP contribution in [-0.4, -0.2) is 22.6 Å². The molecule has 3 N–H and O–H groups in total. The fraction of sp³-hybridized carbons (Fsp3) is 0.750. The molecule has 0 aliphatic heterocycles. The summed E-state index contributed by atoms with van der Waals surface area (Å²) in [5, 5.41) is 6.48. The second-order valence-corrected chi connectivity index (χ2v) is 4.94. The molecule has 6 heteroatoms. The SMILES string of the molecule is Cc1nc(CNC(=O)C[C@@H](CN)CC(C)C)no1. The van der Waals surface area contributed by atoms with Gasteiger partial charge in [-0.3, -0.25) is 4.79 Å². The minimum Gasteiger partial charge on any atom is -0.349 e. The van der Waals surface area contributed by atoms with Crippen molar-refractivity contribution in [2.75, 3.05) is 6.54 Å². The monoisotopic (exact) mass is 254 g/mol. The van der Waals surface area contributed by atoms with Gasteiger partial charge in [-0.25, -0.2) is 0 Å². The van der Waals surface area contributed by atoms with Crippen molar-refractivity contribution in [3.63, 3.8) is 0 Å². The fourth-order valence-corrected chi connectivity index (χ4v) is 1.85. The lowest BCUT2D eigenvalue weighted by atomic mass is 9.94. The Kier molecular flexibility index (Phi) is 5.77. The van der Waals surface area contributed by atoms with Crippen LogP contribution < -0.4 is 11.1 Å². The van der Waals surface area contributed by atoms with Gasteiger partial charge in [0.25, 0.3) is 0 Å². The molecule has 0 saturated heterocycles. The van der Waals surface area contributed by atoms with E-state index < -0.39 is 0 Å². The summed E-state index contributed by atoms with van der Waals surface area (Å²) in [7, 11) is 0. The molecule has 0 fully saturated rings. The molecule has 1 rings (SSSR count). The van der Waals surface area contributed by atoms with Crippen LogP contribution in [0.2, 0.25) is 0 Å². The van der Waals surface area contributed by atoms with Crippen molar-refractivity contribution in [2.45, 2.75) is 40.2 Å². The average Bonchev–Trinajstić information content (AvgIpc) is 2.71. The maximum absolute atomic E-state index is 11.7. The van der Waals surface area contributed by atoms with Crippen molar-refractivity contribution < 1.29 is 9.32 Å². The third kappa shape index (κ3) is 5.27. The standard InChI is InChI=1S/C12H22N4O2/c1-8(2)4-10(6-13)5-12(17)14-7-11-15-9(3)18-16-11/h8,10H,4-7,13H2,1-3H3,(H,14,17)/t10-/m0/s1. The Morgan fingerprint density at radius 2 is 2.22 bits per heavy atom. The van der Waals surface area contributed by atoms with E-state index in [1.165, 1.54) is 0 Å². The first-order valence-electron chi connectivity index (χ1n) is 6.27. The third-order valence-electron chi connectivity index (χ3n) is 2.63. The van der Waals surface area contributed by atoms with Crippen LogP contribution in [0, 0.1) is 18.8 Å². The molecule has 6 nitrogen and oxygen atoms in total. The summed E-state index contributed by atoms with van der Waals surface area (Å²) in [6.45, 7) is 6.80. The predicted molar refractivity (Wildman–Crippen MR) is 67.5 cm³/mol. The van der Waals surface area contributed by atoms with Crippen LogP contribution in [0.5, 0.6) is 0 Å². The van der Waals surface area contributed by atoms with E-state index in [0.29, 0.717) is 37.1 Å². The molecule has 1 aromatic rings. The van der Waals surface area contributed by atoms with Gasteiger partial charge in [0.1, 0.15) is 0 Å². The highest BCUT2D eigenvalue weighted by molar-refractivity contribution is 5.76. The van der Waals surface area contributed by atoms with Crippen molar-refractivity contribution in [3.8, 4) is 0 Å². The van der Waals surface area contributed by atoms with Gasteiger partial charge in [-0.05, 0) is 24.8 Å². The second kappa shape index (κ2) is 7.10. The summed E-state index contributed by atoms with van der Waals surface area (Å²) in [6, 6.07) is 0. The van der Waals surface area contributed by atoms with Crippen LogP contribution in [0.25, 0.3) is 0 Å². The zero-order valence-electron chi connectivity index (χ0n) is 11.3. The van der Waals surface area contributed by atoms with Gasteiger partial charge in [0.05, 0.1) is 6.54 Å². The number of hydrogen-bond acceptors (Lipinski definition) is 5. The van der Waals surface area contributed by atoms with Crippen molar-refractivity contribution in [3.05, 3.63) is 11.7 Å². The van der Waals surface area contributed by atoms with Gasteiger partial charge < -0.3 is 15.6 Å². The maximum atomic E-state index is 11.7. The van der Waals surface area contributed by atoms with Gasteiger partial charge in [-0.15, -0.1) is 0 Å². The van der Waals surface area contributed by atoms with Gasteiger partial charge in [0.2, 0.25) is 11.8 Å². The molecule has 1 amide bonds. The maximum Gasteiger partial charge on any atom is 0.223 e. The van der Waals surface area contributed by atoms with E-state index in [1.54, 1.807) is 6.92 Å². The molecule has 1 aromatic heterocycles. The summed E-state index contributed by atoms with van der Waals surface area (Å²) in [6.07, 6.45) is 1.41. The highest BCUT2D eigenvalue weighted by Crippen LogP contribution is 2.13. The van der Waals surface area contributed by atoms with Crippen LogP contribution in [0.4, 0.5) is 0 Å². The molecular formula is C12H22N4O2. The molecule has 0 unspecified atom stereocenters. The number of aromatic nitrogens is 2. The predicted octanol–water partition coefficient (Wildman–Crippen LogP) is 1.01. The van der Waals surface area contributed by atoms with E-state index in [2.05, 4.69) is 29.3 Å². The lowest BCUT2D eigenvalue weighted by molar-refractivity contribution is -0.122. The Bertz CT molecular complexity index is 376. The summed E-state index contributed by atoms with van der Waals surface area (Å²) >= 11 is 0. The number of amides is 1. The summed E-state index contributed by atoms with van der Waals surface area (Å²) in [5.41, 5.74) is 5.66. The van der Waals surface area contributed by atoms with E-state index in [0.717, 1.165) is 6.42 Å². The second-order valence-electron chi connectivity index (χ2n) is 4.94. The van der Waals surface area contributed by atoms with Gasteiger partial charge in [0, 0.05) is 13.3 Å². The topological polar surface area (TPSA) is 94.0 Å². The number of carbonyl (C=O) groups is 1. The fourth-order valence-electron chi connectivity index (χ4n) is 1.85. The molecule has 0 radical (unpaired) electrons. The lowest BCUT2D eigenvalue weighted by Crippen LogP contribution is -2.28. The number of hydrogen-bond donors (Lipinski definition) is 2. The van der Waals surface area contributed by atoms with Gasteiger partial charge in [-0.2, -0.15) is 4.98 Å². The molecule has 0 saturated carbocycles. The number of nitrogens with two attached hydrogens (primary N) is 1. The van der Waals surface area contributed by atoms with Crippen molar-refractivity contribution in [2.24, 2.45) is 17.6 Å².